The molecular weight excluding hydrogens is 146 g/mol. The maximum Gasteiger partial charge on any atom is 0.217 e. The van der Waals surface area contributed by atoms with E-state index in [9.17, 15) is 4.79 Å². The number of rotatable bonds is 1. The average Bonchev–Trinajstić information content (AvgIpc) is 2.10. The van der Waals surface area contributed by atoms with Crippen LogP contribution >= 0.6 is 0 Å². The monoisotopic (exact) mass is 159 g/mol. The first kappa shape index (κ1) is 8.49. The molecule has 64 valence electrons. The Labute approximate surface area is 65.2 Å². The Balaban J connectivity index is 2.35. The van der Waals surface area contributed by atoms with Crippen LogP contribution in [0.2, 0.25) is 0 Å². The van der Waals surface area contributed by atoms with Gasteiger partial charge in [0.2, 0.25) is 5.91 Å². The van der Waals surface area contributed by atoms with Gasteiger partial charge in [-0.15, -0.1) is 0 Å². The predicted molar refractivity (Wildman–Crippen MR) is 38.9 cm³/mol. The van der Waals surface area contributed by atoms with E-state index in [2.05, 4.69) is 5.32 Å². The molecule has 4 nitrogen and oxygen atoms in total. The summed E-state index contributed by atoms with van der Waals surface area (Å²) in [5, 5.41) is 20.8. The lowest BCUT2D eigenvalue weighted by Gasteiger charge is -2.08. The Morgan fingerprint density at radius 3 is 2.18 bits per heavy atom. The third kappa shape index (κ3) is 2.17. The Morgan fingerprint density at radius 2 is 1.82 bits per heavy atom. The van der Waals surface area contributed by atoms with Crippen molar-refractivity contribution < 1.29 is 15.0 Å². The molecule has 0 bridgehead atoms. The third-order valence-corrected chi connectivity index (χ3v) is 1.90. The van der Waals surface area contributed by atoms with Gasteiger partial charge in [-0.05, 0) is 12.8 Å². The number of aliphatic hydroxyl groups excluding tert-OH is 2. The molecule has 0 aliphatic heterocycles. The van der Waals surface area contributed by atoms with Gasteiger partial charge < -0.3 is 15.5 Å². The van der Waals surface area contributed by atoms with Gasteiger partial charge in [0.1, 0.15) is 0 Å². The fourth-order valence-corrected chi connectivity index (χ4v) is 1.40. The van der Waals surface area contributed by atoms with Gasteiger partial charge in [-0.25, -0.2) is 0 Å². The van der Waals surface area contributed by atoms with E-state index in [-0.39, 0.29) is 11.9 Å². The van der Waals surface area contributed by atoms with Gasteiger partial charge in [-0.2, -0.15) is 0 Å². The zero-order valence-electron chi connectivity index (χ0n) is 6.45. The van der Waals surface area contributed by atoms with Crippen molar-refractivity contribution >= 4 is 5.91 Å². The van der Waals surface area contributed by atoms with E-state index < -0.39 is 12.2 Å². The zero-order chi connectivity index (χ0) is 8.43. The lowest BCUT2D eigenvalue weighted by molar-refractivity contribution is -0.119. The fraction of sp³-hybridized carbons (Fsp3) is 0.857. The molecule has 0 aromatic rings. The Morgan fingerprint density at radius 1 is 1.36 bits per heavy atom. The standard InChI is InChI=1S/C7H13NO3/c1-4(9)8-5-2-6(10)7(11)3-5/h5-7,10-11H,2-3H2,1H3,(H,8,9). The van der Waals surface area contributed by atoms with E-state index >= 15 is 0 Å². The van der Waals surface area contributed by atoms with Gasteiger partial charge in [-0.1, -0.05) is 0 Å². The summed E-state index contributed by atoms with van der Waals surface area (Å²) in [6, 6.07) is -0.0579. The second-order valence-electron chi connectivity index (χ2n) is 3.00. The maximum atomic E-state index is 10.5. The Kier molecular flexibility index (Phi) is 2.46. The molecule has 1 saturated carbocycles. The molecular formula is C7H13NO3. The molecule has 1 rings (SSSR count). The minimum Gasteiger partial charge on any atom is -0.390 e. The number of nitrogens with one attached hydrogen (secondary N) is 1. The first-order chi connectivity index (χ1) is 5.09. The van der Waals surface area contributed by atoms with Crippen LogP contribution in [0.5, 0.6) is 0 Å². The molecule has 1 amide bonds. The highest BCUT2D eigenvalue weighted by Crippen LogP contribution is 2.19. The highest BCUT2D eigenvalue weighted by molar-refractivity contribution is 5.73. The van der Waals surface area contributed by atoms with Gasteiger partial charge in [-0.3, -0.25) is 4.79 Å². The topological polar surface area (TPSA) is 69.6 Å². The van der Waals surface area contributed by atoms with Crippen LogP contribution in [0.3, 0.4) is 0 Å². The summed E-state index contributed by atoms with van der Waals surface area (Å²) in [5.41, 5.74) is 0. The van der Waals surface area contributed by atoms with Gasteiger partial charge in [0.25, 0.3) is 0 Å². The molecule has 0 heterocycles. The first-order valence-electron chi connectivity index (χ1n) is 3.73. The van der Waals surface area contributed by atoms with Gasteiger partial charge in [0.15, 0.2) is 0 Å². The quantitative estimate of drug-likeness (QED) is 0.460. The molecule has 1 fully saturated rings. The number of aliphatic hydroxyl groups is 2. The lowest BCUT2D eigenvalue weighted by Crippen LogP contribution is -2.31. The van der Waals surface area contributed by atoms with Crippen molar-refractivity contribution in [3.05, 3.63) is 0 Å². The van der Waals surface area contributed by atoms with E-state index in [0.717, 1.165) is 0 Å². The minimum absolute atomic E-state index is 0.0579. The van der Waals surface area contributed by atoms with E-state index in [1.807, 2.05) is 0 Å². The molecule has 3 N–H and O–H groups in total. The number of amides is 1. The molecule has 1 aliphatic carbocycles. The second kappa shape index (κ2) is 3.19. The van der Waals surface area contributed by atoms with Crippen molar-refractivity contribution in [2.24, 2.45) is 0 Å². The molecule has 2 atom stereocenters. The smallest absolute Gasteiger partial charge is 0.217 e. The van der Waals surface area contributed by atoms with Crippen molar-refractivity contribution in [1.82, 2.24) is 5.32 Å². The summed E-state index contributed by atoms with van der Waals surface area (Å²) in [5.74, 6) is -0.115. The second-order valence-corrected chi connectivity index (χ2v) is 3.00. The van der Waals surface area contributed by atoms with Crippen molar-refractivity contribution in [1.29, 1.82) is 0 Å². The molecule has 0 aromatic carbocycles. The number of hydrogen-bond donors (Lipinski definition) is 3. The summed E-state index contributed by atoms with van der Waals surface area (Å²) in [6.07, 6.45) is -0.430. The maximum absolute atomic E-state index is 10.5. The van der Waals surface area contributed by atoms with Crippen LogP contribution in [-0.2, 0) is 4.79 Å². The highest BCUT2D eigenvalue weighted by atomic mass is 16.3. The molecule has 0 saturated heterocycles. The van der Waals surface area contributed by atoms with Crippen molar-refractivity contribution in [3.63, 3.8) is 0 Å². The van der Waals surface area contributed by atoms with Gasteiger partial charge in [0, 0.05) is 13.0 Å². The van der Waals surface area contributed by atoms with Crippen LogP contribution in [0.15, 0.2) is 0 Å². The Bertz CT molecular complexity index is 150. The normalized spacial score (nSPS) is 37.2. The van der Waals surface area contributed by atoms with Crippen LogP contribution in [0.4, 0.5) is 0 Å². The van der Waals surface area contributed by atoms with E-state index in [1.54, 1.807) is 0 Å². The summed E-state index contributed by atoms with van der Waals surface area (Å²) in [6.45, 7) is 1.43. The summed E-state index contributed by atoms with van der Waals surface area (Å²) >= 11 is 0. The first-order valence-corrected chi connectivity index (χ1v) is 3.73. The zero-order valence-corrected chi connectivity index (χ0v) is 6.45. The minimum atomic E-state index is -0.674. The summed E-state index contributed by atoms with van der Waals surface area (Å²) < 4.78 is 0. The van der Waals surface area contributed by atoms with Crippen LogP contribution in [0.1, 0.15) is 19.8 Å². The molecule has 11 heavy (non-hydrogen) atoms. The van der Waals surface area contributed by atoms with Crippen molar-refractivity contribution in [3.8, 4) is 0 Å². The molecule has 4 heteroatoms. The van der Waals surface area contributed by atoms with Gasteiger partial charge in [0.05, 0.1) is 12.2 Å². The highest BCUT2D eigenvalue weighted by Gasteiger charge is 2.31. The SMILES string of the molecule is CC(=O)NC1CC(O)C(O)C1. The number of carbonyl (C=O) groups excluding carboxylic acids is 1. The van der Waals surface area contributed by atoms with Crippen LogP contribution < -0.4 is 5.32 Å². The fourth-order valence-electron chi connectivity index (χ4n) is 1.40. The Hall–Kier alpha value is -0.610. The molecule has 0 aromatic heterocycles. The number of carbonyl (C=O) groups is 1. The summed E-state index contributed by atoms with van der Waals surface area (Å²) in [4.78, 5) is 10.5. The predicted octanol–water partition coefficient (Wildman–Crippen LogP) is -0.993. The third-order valence-electron chi connectivity index (χ3n) is 1.90. The summed E-state index contributed by atoms with van der Waals surface area (Å²) in [7, 11) is 0. The van der Waals surface area contributed by atoms with Crippen LogP contribution in [0, 0.1) is 0 Å². The molecule has 0 spiro atoms. The molecule has 1 aliphatic rings. The van der Waals surface area contributed by atoms with Crippen LogP contribution in [-0.4, -0.2) is 34.4 Å². The van der Waals surface area contributed by atoms with E-state index in [0.29, 0.717) is 12.8 Å². The van der Waals surface area contributed by atoms with Crippen molar-refractivity contribution in [2.75, 3.05) is 0 Å². The van der Waals surface area contributed by atoms with E-state index in [4.69, 9.17) is 10.2 Å². The molecule has 2 unspecified atom stereocenters. The van der Waals surface area contributed by atoms with Gasteiger partial charge >= 0.3 is 0 Å². The average molecular weight is 159 g/mol. The largest absolute Gasteiger partial charge is 0.390 e. The lowest BCUT2D eigenvalue weighted by atomic mass is 10.2. The van der Waals surface area contributed by atoms with Crippen LogP contribution in [0.25, 0.3) is 0 Å². The van der Waals surface area contributed by atoms with E-state index in [1.165, 1.54) is 6.92 Å². The van der Waals surface area contributed by atoms with Crippen molar-refractivity contribution in [2.45, 2.75) is 38.0 Å². The molecule has 0 radical (unpaired) electrons. The number of hydrogen-bond acceptors (Lipinski definition) is 3.